The van der Waals surface area contributed by atoms with E-state index < -0.39 is 11.6 Å². The summed E-state index contributed by atoms with van der Waals surface area (Å²) < 4.78 is 25.4. The maximum atomic E-state index is 11.9. The Bertz CT molecular complexity index is 963. The summed E-state index contributed by atoms with van der Waals surface area (Å²) in [5.74, 6) is 0.0541. The number of halogens is 2. The zero-order valence-corrected chi connectivity index (χ0v) is 13.7. The SMILES string of the molecule is Fc1ccc(F)cc1.N#Cc1cnn2ccc(N3CCC(C#N)C3)nc12. The van der Waals surface area contributed by atoms with E-state index in [2.05, 4.69) is 27.1 Å². The average Bonchev–Trinajstić information content (AvgIpc) is 3.30. The van der Waals surface area contributed by atoms with Crippen molar-refractivity contribution in [2.45, 2.75) is 6.42 Å². The molecule has 0 amide bonds. The van der Waals surface area contributed by atoms with Gasteiger partial charge in [-0.05, 0) is 36.8 Å². The molecular weight excluding hydrogens is 338 g/mol. The van der Waals surface area contributed by atoms with E-state index >= 15 is 0 Å². The van der Waals surface area contributed by atoms with Crippen molar-refractivity contribution in [2.75, 3.05) is 18.0 Å². The van der Waals surface area contributed by atoms with Crippen molar-refractivity contribution < 1.29 is 8.78 Å². The lowest BCUT2D eigenvalue weighted by atomic mass is 10.1. The molecule has 1 aliphatic heterocycles. The molecule has 0 bridgehead atoms. The molecule has 3 heterocycles. The Morgan fingerprint density at radius 2 is 1.77 bits per heavy atom. The van der Waals surface area contributed by atoms with Gasteiger partial charge in [-0.25, -0.2) is 18.3 Å². The molecule has 1 unspecified atom stereocenters. The Kier molecular flexibility index (Phi) is 5.04. The largest absolute Gasteiger partial charge is 0.355 e. The van der Waals surface area contributed by atoms with Crippen molar-refractivity contribution in [1.82, 2.24) is 14.6 Å². The summed E-state index contributed by atoms with van der Waals surface area (Å²) in [6, 6.07) is 10.5. The van der Waals surface area contributed by atoms with Gasteiger partial charge in [0.05, 0.1) is 18.2 Å². The minimum Gasteiger partial charge on any atom is -0.355 e. The second-order valence-electron chi connectivity index (χ2n) is 5.72. The van der Waals surface area contributed by atoms with E-state index in [4.69, 9.17) is 10.5 Å². The first-order valence-electron chi connectivity index (χ1n) is 7.91. The lowest BCUT2D eigenvalue weighted by molar-refractivity contribution is 0.600. The predicted molar refractivity (Wildman–Crippen MR) is 90.0 cm³/mol. The van der Waals surface area contributed by atoms with Gasteiger partial charge in [-0.3, -0.25) is 0 Å². The van der Waals surface area contributed by atoms with Crippen molar-refractivity contribution in [3.63, 3.8) is 0 Å². The summed E-state index contributed by atoms with van der Waals surface area (Å²) in [5.41, 5.74) is 1.03. The molecule has 2 aromatic heterocycles. The van der Waals surface area contributed by atoms with E-state index in [1.165, 1.54) is 6.20 Å². The lowest BCUT2D eigenvalue weighted by Gasteiger charge is -2.16. The molecule has 26 heavy (non-hydrogen) atoms. The number of hydrogen-bond donors (Lipinski definition) is 0. The van der Waals surface area contributed by atoms with Crippen LogP contribution in [0.1, 0.15) is 12.0 Å². The van der Waals surface area contributed by atoms with Gasteiger partial charge >= 0.3 is 0 Å². The molecule has 4 rings (SSSR count). The minimum atomic E-state index is -0.411. The average molecular weight is 352 g/mol. The molecule has 6 nitrogen and oxygen atoms in total. The van der Waals surface area contributed by atoms with Crippen molar-refractivity contribution >= 4 is 11.5 Å². The summed E-state index contributed by atoms with van der Waals surface area (Å²) >= 11 is 0. The van der Waals surface area contributed by atoms with Gasteiger partial charge in [0.2, 0.25) is 0 Å². The van der Waals surface area contributed by atoms with E-state index in [1.807, 2.05) is 6.07 Å². The molecule has 1 fully saturated rings. The van der Waals surface area contributed by atoms with Crippen LogP contribution in [-0.4, -0.2) is 27.7 Å². The van der Waals surface area contributed by atoms with Crippen LogP contribution >= 0.6 is 0 Å². The van der Waals surface area contributed by atoms with Gasteiger partial charge in [-0.2, -0.15) is 15.6 Å². The molecule has 1 aromatic carbocycles. The fourth-order valence-electron chi connectivity index (χ4n) is 2.62. The molecule has 0 N–H and O–H groups in total. The van der Waals surface area contributed by atoms with Crippen LogP contribution in [0, 0.1) is 40.2 Å². The second kappa shape index (κ2) is 7.58. The third-order valence-corrected chi connectivity index (χ3v) is 3.97. The van der Waals surface area contributed by atoms with Crippen LogP contribution in [0.3, 0.4) is 0 Å². The number of fused-ring (bicyclic) bond motifs is 1. The van der Waals surface area contributed by atoms with E-state index in [-0.39, 0.29) is 5.92 Å². The molecule has 1 aliphatic rings. The Hall–Kier alpha value is -3.52. The van der Waals surface area contributed by atoms with Crippen LogP contribution in [0.15, 0.2) is 42.7 Å². The van der Waals surface area contributed by atoms with Crippen LogP contribution in [0.25, 0.3) is 5.65 Å². The molecule has 130 valence electrons. The van der Waals surface area contributed by atoms with Crippen LogP contribution in [0.2, 0.25) is 0 Å². The molecule has 0 aliphatic carbocycles. The first kappa shape index (κ1) is 17.3. The molecule has 1 saturated heterocycles. The van der Waals surface area contributed by atoms with Gasteiger partial charge in [-0.15, -0.1) is 0 Å². The topological polar surface area (TPSA) is 81.0 Å². The van der Waals surface area contributed by atoms with Crippen LogP contribution in [0.4, 0.5) is 14.6 Å². The summed E-state index contributed by atoms with van der Waals surface area (Å²) in [6.45, 7) is 1.53. The summed E-state index contributed by atoms with van der Waals surface area (Å²) in [5, 5.41) is 21.9. The maximum absolute atomic E-state index is 11.9. The highest BCUT2D eigenvalue weighted by molar-refractivity contribution is 5.57. The number of anilines is 1. The van der Waals surface area contributed by atoms with E-state index in [0.717, 1.165) is 43.0 Å². The monoisotopic (exact) mass is 352 g/mol. The first-order chi connectivity index (χ1) is 12.6. The normalized spacial score (nSPS) is 15.8. The van der Waals surface area contributed by atoms with Gasteiger partial charge in [0.15, 0.2) is 5.65 Å². The van der Waals surface area contributed by atoms with Crippen molar-refractivity contribution in [1.29, 1.82) is 10.5 Å². The van der Waals surface area contributed by atoms with E-state index in [1.54, 1.807) is 10.7 Å². The predicted octanol–water partition coefficient (Wildman–Crippen LogP) is 2.92. The van der Waals surface area contributed by atoms with Crippen LogP contribution < -0.4 is 4.90 Å². The highest BCUT2D eigenvalue weighted by Gasteiger charge is 2.23. The Labute approximate surface area is 148 Å². The second-order valence-corrected chi connectivity index (χ2v) is 5.72. The fourth-order valence-corrected chi connectivity index (χ4v) is 2.62. The van der Waals surface area contributed by atoms with Gasteiger partial charge < -0.3 is 4.90 Å². The Balaban J connectivity index is 0.000000206. The summed E-state index contributed by atoms with van der Waals surface area (Å²) in [6.07, 6.45) is 4.17. The fraction of sp³-hybridized carbons (Fsp3) is 0.222. The Morgan fingerprint density at radius 1 is 1.08 bits per heavy atom. The molecule has 1 atom stereocenters. The van der Waals surface area contributed by atoms with Crippen molar-refractivity contribution in [2.24, 2.45) is 5.92 Å². The van der Waals surface area contributed by atoms with Gasteiger partial charge in [0.25, 0.3) is 0 Å². The molecule has 8 heteroatoms. The number of hydrogen-bond acceptors (Lipinski definition) is 5. The standard InChI is InChI=1S/C12H10N6.C6H4F2/c13-5-9-1-3-17(8-9)11-2-4-18-12(16-11)10(6-14)7-15-18;7-5-1-2-6(8)4-3-5/h2,4,7,9H,1,3,8H2;1-4H. The zero-order valence-electron chi connectivity index (χ0n) is 13.7. The molecule has 3 aromatic rings. The molecule has 0 saturated carbocycles. The summed E-state index contributed by atoms with van der Waals surface area (Å²) in [7, 11) is 0. The minimum absolute atomic E-state index is 0.0726. The third kappa shape index (κ3) is 3.76. The first-order valence-corrected chi connectivity index (χ1v) is 7.91. The highest BCUT2D eigenvalue weighted by Crippen LogP contribution is 2.22. The van der Waals surface area contributed by atoms with E-state index in [9.17, 15) is 8.78 Å². The van der Waals surface area contributed by atoms with Crippen molar-refractivity contribution in [3.05, 3.63) is 59.9 Å². The number of aromatic nitrogens is 3. The van der Waals surface area contributed by atoms with Crippen molar-refractivity contribution in [3.8, 4) is 12.1 Å². The smallest absolute Gasteiger partial charge is 0.175 e. The van der Waals surface area contributed by atoms with Crippen LogP contribution in [-0.2, 0) is 0 Å². The van der Waals surface area contributed by atoms with Crippen LogP contribution in [0.5, 0.6) is 0 Å². The summed E-state index contributed by atoms with van der Waals surface area (Å²) in [4.78, 5) is 6.52. The molecule has 0 radical (unpaired) electrons. The molecule has 0 spiro atoms. The Morgan fingerprint density at radius 3 is 2.35 bits per heavy atom. The maximum Gasteiger partial charge on any atom is 0.175 e. The number of nitriles is 2. The van der Waals surface area contributed by atoms with Gasteiger partial charge in [0, 0.05) is 19.3 Å². The lowest BCUT2D eigenvalue weighted by Crippen LogP contribution is -2.20. The number of nitrogens with zero attached hydrogens (tertiary/aromatic N) is 6. The van der Waals surface area contributed by atoms with Gasteiger partial charge in [0.1, 0.15) is 29.1 Å². The zero-order chi connectivity index (χ0) is 18.5. The van der Waals surface area contributed by atoms with E-state index in [0.29, 0.717) is 17.8 Å². The number of benzene rings is 1. The van der Waals surface area contributed by atoms with Gasteiger partial charge in [-0.1, -0.05) is 0 Å². The third-order valence-electron chi connectivity index (χ3n) is 3.97. The highest BCUT2D eigenvalue weighted by atomic mass is 19.1. The quantitative estimate of drug-likeness (QED) is 0.673. The molecular formula is C18H14F2N6. The number of rotatable bonds is 1.